The Morgan fingerprint density at radius 2 is 1.52 bits per heavy atom. The molecule has 0 saturated heterocycles. The number of benzene rings is 2. The first-order valence-electron chi connectivity index (χ1n) is 7.03. The maximum Gasteiger partial charge on any atom is 0.0972 e. The third-order valence-electron chi connectivity index (χ3n) is 3.72. The number of pyridine rings is 2. The summed E-state index contributed by atoms with van der Waals surface area (Å²) >= 11 is 0. The van der Waals surface area contributed by atoms with Gasteiger partial charge in [0.25, 0.3) is 0 Å². The molecule has 0 atom stereocenters. The van der Waals surface area contributed by atoms with Crippen molar-refractivity contribution in [2.24, 2.45) is 0 Å². The van der Waals surface area contributed by atoms with Crippen molar-refractivity contribution in [3.05, 3.63) is 72.4 Å². The second-order valence-electron chi connectivity index (χ2n) is 5.28. The van der Waals surface area contributed by atoms with Crippen LogP contribution in [-0.4, -0.2) is 9.97 Å². The average Bonchev–Trinajstić information content (AvgIpc) is 2.54. The molecule has 0 amide bonds. The summed E-state index contributed by atoms with van der Waals surface area (Å²) in [5.74, 6) is 0. The van der Waals surface area contributed by atoms with E-state index < -0.39 is 0 Å². The number of nitrogens with zero attached hydrogens (tertiary/aromatic N) is 2. The Balaban J connectivity index is 2.03. The molecular weight excluding hydrogens is 256 g/mol. The van der Waals surface area contributed by atoms with Crippen molar-refractivity contribution >= 4 is 21.8 Å². The lowest BCUT2D eigenvalue weighted by Gasteiger charge is -2.06. The molecule has 2 nitrogen and oxygen atoms in total. The molecule has 4 aromatic rings. The van der Waals surface area contributed by atoms with Gasteiger partial charge < -0.3 is 0 Å². The topological polar surface area (TPSA) is 25.8 Å². The average molecular weight is 270 g/mol. The van der Waals surface area contributed by atoms with E-state index in [1.807, 2.05) is 24.4 Å². The summed E-state index contributed by atoms with van der Waals surface area (Å²) in [5.41, 5.74) is 5.22. The van der Waals surface area contributed by atoms with Gasteiger partial charge in [-0.25, -0.2) is 4.98 Å². The first-order chi connectivity index (χ1) is 10.3. The van der Waals surface area contributed by atoms with Crippen LogP contribution < -0.4 is 0 Å². The Hall–Kier alpha value is -2.74. The van der Waals surface area contributed by atoms with Gasteiger partial charge in [0.15, 0.2) is 0 Å². The predicted molar refractivity (Wildman–Crippen MR) is 87.2 cm³/mol. The van der Waals surface area contributed by atoms with Crippen molar-refractivity contribution < 1.29 is 0 Å². The third-order valence-corrected chi connectivity index (χ3v) is 3.72. The fourth-order valence-electron chi connectivity index (χ4n) is 2.66. The highest BCUT2D eigenvalue weighted by Gasteiger charge is 2.06. The monoisotopic (exact) mass is 270 g/mol. The Labute approximate surface area is 123 Å². The van der Waals surface area contributed by atoms with Crippen LogP contribution in [0.2, 0.25) is 0 Å². The molecule has 0 fully saturated rings. The Kier molecular flexibility index (Phi) is 2.68. The van der Waals surface area contributed by atoms with Crippen LogP contribution in [0.1, 0.15) is 5.56 Å². The zero-order chi connectivity index (χ0) is 14.2. The number of fused-ring (bicyclic) bond motifs is 3. The minimum atomic E-state index is 0.967. The zero-order valence-corrected chi connectivity index (χ0v) is 11.7. The summed E-state index contributed by atoms with van der Waals surface area (Å²) in [6.07, 6.45) is 1.90. The van der Waals surface area contributed by atoms with Gasteiger partial charge in [-0.05, 0) is 24.6 Å². The molecule has 2 heterocycles. The van der Waals surface area contributed by atoms with E-state index in [0.717, 1.165) is 33.1 Å². The van der Waals surface area contributed by atoms with Gasteiger partial charge >= 0.3 is 0 Å². The Morgan fingerprint density at radius 3 is 2.38 bits per heavy atom. The lowest BCUT2D eigenvalue weighted by atomic mass is 10.1. The lowest BCUT2D eigenvalue weighted by molar-refractivity contribution is 1.32. The Bertz CT molecular complexity index is 943. The highest BCUT2D eigenvalue weighted by atomic mass is 14.8. The van der Waals surface area contributed by atoms with E-state index in [0.29, 0.717) is 0 Å². The summed E-state index contributed by atoms with van der Waals surface area (Å²) in [4.78, 5) is 9.42. The van der Waals surface area contributed by atoms with E-state index in [1.165, 1.54) is 5.56 Å². The van der Waals surface area contributed by atoms with Crippen LogP contribution in [0.5, 0.6) is 0 Å². The standard InChI is InChI=1S/C19H14N2/c1-13-11-16-8-7-15-9-10-17(14-5-3-2-4-6-14)21-19(15)18(16)20-12-13/h2-12H,1H3. The molecule has 2 heteroatoms. The van der Waals surface area contributed by atoms with Gasteiger partial charge in [0.2, 0.25) is 0 Å². The van der Waals surface area contributed by atoms with Crippen molar-refractivity contribution in [2.75, 3.05) is 0 Å². The zero-order valence-electron chi connectivity index (χ0n) is 11.7. The molecule has 21 heavy (non-hydrogen) atoms. The molecule has 0 spiro atoms. The van der Waals surface area contributed by atoms with Gasteiger partial charge in [0.1, 0.15) is 0 Å². The molecule has 0 bridgehead atoms. The van der Waals surface area contributed by atoms with Crippen LogP contribution in [0, 0.1) is 6.92 Å². The van der Waals surface area contributed by atoms with E-state index in [9.17, 15) is 0 Å². The number of aryl methyl sites for hydroxylation is 1. The van der Waals surface area contributed by atoms with E-state index in [-0.39, 0.29) is 0 Å². The van der Waals surface area contributed by atoms with Gasteiger partial charge in [0.05, 0.1) is 16.7 Å². The van der Waals surface area contributed by atoms with E-state index in [1.54, 1.807) is 0 Å². The number of aromatic nitrogens is 2. The summed E-state index contributed by atoms with van der Waals surface area (Å²) in [7, 11) is 0. The molecule has 0 saturated carbocycles. The molecule has 0 aliphatic heterocycles. The van der Waals surface area contributed by atoms with Gasteiger partial charge in [0, 0.05) is 22.5 Å². The minimum absolute atomic E-state index is 0.967. The number of rotatable bonds is 1. The highest BCUT2D eigenvalue weighted by Crippen LogP contribution is 2.26. The minimum Gasteiger partial charge on any atom is -0.254 e. The summed E-state index contributed by atoms with van der Waals surface area (Å²) < 4.78 is 0. The maximum absolute atomic E-state index is 4.84. The molecule has 0 aliphatic carbocycles. The molecule has 0 radical (unpaired) electrons. The van der Waals surface area contributed by atoms with Crippen LogP contribution in [-0.2, 0) is 0 Å². The van der Waals surface area contributed by atoms with E-state index in [2.05, 4.69) is 54.4 Å². The molecular formula is C19H14N2. The quantitative estimate of drug-likeness (QED) is 0.466. The smallest absolute Gasteiger partial charge is 0.0972 e. The van der Waals surface area contributed by atoms with E-state index >= 15 is 0 Å². The number of hydrogen-bond donors (Lipinski definition) is 0. The first kappa shape index (κ1) is 12.0. The van der Waals surface area contributed by atoms with Crippen molar-refractivity contribution in [3.8, 4) is 11.3 Å². The van der Waals surface area contributed by atoms with Crippen LogP contribution >= 0.6 is 0 Å². The van der Waals surface area contributed by atoms with E-state index in [4.69, 9.17) is 4.98 Å². The van der Waals surface area contributed by atoms with Gasteiger partial charge in [-0.1, -0.05) is 48.5 Å². The first-order valence-corrected chi connectivity index (χ1v) is 7.03. The van der Waals surface area contributed by atoms with Crippen molar-refractivity contribution in [1.82, 2.24) is 9.97 Å². The van der Waals surface area contributed by atoms with Gasteiger partial charge in [-0.2, -0.15) is 0 Å². The molecule has 0 N–H and O–H groups in total. The van der Waals surface area contributed by atoms with Crippen LogP contribution in [0.25, 0.3) is 33.1 Å². The summed E-state index contributed by atoms with van der Waals surface area (Å²) in [6, 6.07) is 20.8. The molecule has 2 aromatic heterocycles. The largest absolute Gasteiger partial charge is 0.254 e. The lowest BCUT2D eigenvalue weighted by Crippen LogP contribution is -1.89. The summed E-state index contributed by atoms with van der Waals surface area (Å²) in [5, 5.41) is 2.26. The molecule has 100 valence electrons. The Morgan fingerprint density at radius 1 is 0.762 bits per heavy atom. The van der Waals surface area contributed by atoms with Crippen molar-refractivity contribution in [2.45, 2.75) is 6.92 Å². The SMILES string of the molecule is Cc1cnc2c(ccc3ccc(-c4ccccc4)nc32)c1. The van der Waals surface area contributed by atoms with Crippen LogP contribution in [0.4, 0.5) is 0 Å². The predicted octanol–water partition coefficient (Wildman–Crippen LogP) is 4.76. The fraction of sp³-hybridized carbons (Fsp3) is 0.0526. The third kappa shape index (κ3) is 2.05. The molecule has 4 rings (SSSR count). The second-order valence-corrected chi connectivity index (χ2v) is 5.28. The summed E-state index contributed by atoms with van der Waals surface area (Å²) in [6.45, 7) is 2.06. The molecule has 0 aliphatic rings. The highest BCUT2D eigenvalue weighted by molar-refractivity contribution is 6.03. The van der Waals surface area contributed by atoms with Crippen LogP contribution in [0.3, 0.4) is 0 Å². The van der Waals surface area contributed by atoms with Crippen molar-refractivity contribution in [1.29, 1.82) is 0 Å². The second kappa shape index (κ2) is 4.67. The van der Waals surface area contributed by atoms with Gasteiger partial charge in [-0.3, -0.25) is 4.98 Å². The molecule has 0 unspecified atom stereocenters. The number of hydrogen-bond acceptors (Lipinski definition) is 2. The van der Waals surface area contributed by atoms with Crippen molar-refractivity contribution in [3.63, 3.8) is 0 Å². The normalized spacial score (nSPS) is 11.1. The molecule has 2 aromatic carbocycles. The maximum atomic E-state index is 4.84. The fourth-order valence-corrected chi connectivity index (χ4v) is 2.66. The van der Waals surface area contributed by atoms with Gasteiger partial charge in [-0.15, -0.1) is 0 Å². The van der Waals surface area contributed by atoms with Crippen LogP contribution in [0.15, 0.2) is 66.9 Å².